The fraction of sp³-hybridized carbons (Fsp3) is 0.258. The van der Waals surface area contributed by atoms with Gasteiger partial charge in [-0.05, 0) is 80.1 Å². The van der Waals surface area contributed by atoms with E-state index in [2.05, 4.69) is 5.32 Å². The highest BCUT2D eigenvalue weighted by Crippen LogP contribution is 2.35. The van der Waals surface area contributed by atoms with Gasteiger partial charge in [-0.15, -0.1) is 0 Å². The number of amidine groups is 1. The lowest BCUT2D eigenvalue weighted by molar-refractivity contribution is -0.129. The van der Waals surface area contributed by atoms with Crippen molar-refractivity contribution in [3.8, 4) is 11.5 Å². The Labute approximate surface area is 252 Å². The molecule has 1 fully saturated rings. The van der Waals surface area contributed by atoms with Gasteiger partial charge in [0, 0.05) is 12.1 Å². The zero-order valence-corrected chi connectivity index (χ0v) is 24.3. The summed E-state index contributed by atoms with van der Waals surface area (Å²) in [6.07, 6.45) is -0.0528. The number of anilines is 1. The van der Waals surface area contributed by atoms with Gasteiger partial charge in [0.15, 0.2) is 16.7 Å². The van der Waals surface area contributed by atoms with Crippen LogP contribution in [0.2, 0.25) is 0 Å². The highest BCUT2D eigenvalue weighted by atomic mass is 32.2. The topological polar surface area (TPSA) is 133 Å². The zero-order valence-electron chi connectivity index (χ0n) is 23.5. The lowest BCUT2D eigenvalue weighted by Crippen LogP contribution is -2.44. The van der Waals surface area contributed by atoms with Crippen molar-refractivity contribution in [1.29, 1.82) is 0 Å². The van der Waals surface area contributed by atoms with Gasteiger partial charge < -0.3 is 24.3 Å². The molecule has 0 unspecified atom stereocenters. The minimum absolute atomic E-state index is 0.0528. The molecule has 1 N–H and O–H groups in total. The fourth-order valence-electron chi connectivity index (χ4n) is 4.34. The molecule has 1 atom stereocenters. The Kier molecular flexibility index (Phi) is 9.26. The number of thioether (sulfide) groups is 1. The molecular weight excluding hydrogens is 574 g/mol. The second kappa shape index (κ2) is 13.4. The lowest BCUT2D eigenvalue weighted by Gasteiger charge is -2.32. The van der Waals surface area contributed by atoms with Gasteiger partial charge in [0.2, 0.25) is 18.6 Å². The molecule has 1 saturated heterocycles. The molecule has 0 aromatic heterocycles. The van der Waals surface area contributed by atoms with Crippen LogP contribution in [0.3, 0.4) is 0 Å². The standard InChI is InChI=1S/C31H29N3O8S/c1-3-39-29(37)20-6-10-22(11-7-20)32-28(36)26-16-27(35)34(17-19-5-14-24-25(15-19)42-18-41-24)31(43-26)33-23-12-8-21(9-13-23)30(38)40-4-2/h5-15,26H,3-4,16-18H2,1-2H3,(H,32,36)/t26-/m0/s1. The summed E-state index contributed by atoms with van der Waals surface area (Å²) < 4.78 is 20.9. The summed E-state index contributed by atoms with van der Waals surface area (Å²) >= 11 is 1.16. The van der Waals surface area contributed by atoms with Crippen molar-refractivity contribution in [2.45, 2.75) is 32.1 Å². The molecule has 3 aromatic carbocycles. The van der Waals surface area contributed by atoms with Crippen LogP contribution in [0.4, 0.5) is 11.4 Å². The molecule has 222 valence electrons. The summed E-state index contributed by atoms with van der Waals surface area (Å²) in [5, 5.41) is 2.39. The quantitative estimate of drug-likeness (QED) is 0.338. The predicted octanol–water partition coefficient (Wildman–Crippen LogP) is 4.93. The molecule has 0 aliphatic carbocycles. The van der Waals surface area contributed by atoms with Crippen LogP contribution in [-0.2, 0) is 25.6 Å². The molecule has 11 nitrogen and oxygen atoms in total. The first-order chi connectivity index (χ1) is 20.8. The number of ether oxygens (including phenoxy) is 4. The SMILES string of the molecule is CCOC(=O)c1ccc(N=C2S[C@H](C(=O)Nc3ccc(C(=O)OCC)cc3)CC(=O)N2Cc2ccc3c(c2)OCO3)cc1. The fourth-order valence-corrected chi connectivity index (χ4v) is 5.44. The Hall–Kier alpha value is -4.84. The molecular formula is C31H29N3O8S. The number of carbonyl (C=O) groups is 4. The highest BCUT2D eigenvalue weighted by molar-refractivity contribution is 8.15. The van der Waals surface area contributed by atoms with Crippen molar-refractivity contribution >= 4 is 52.1 Å². The van der Waals surface area contributed by atoms with Crippen LogP contribution >= 0.6 is 11.8 Å². The molecule has 0 saturated carbocycles. The molecule has 2 heterocycles. The third-order valence-electron chi connectivity index (χ3n) is 6.48. The van der Waals surface area contributed by atoms with Gasteiger partial charge in [-0.2, -0.15) is 0 Å². The number of aliphatic imine (C=N–C) groups is 1. The number of nitrogens with one attached hydrogen (secondary N) is 1. The van der Waals surface area contributed by atoms with Gasteiger partial charge in [-0.3, -0.25) is 14.5 Å². The Balaban J connectivity index is 1.37. The Bertz CT molecular complexity index is 1560. The van der Waals surface area contributed by atoms with Crippen LogP contribution in [-0.4, -0.2) is 59.1 Å². The molecule has 3 aromatic rings. The third-order valence-corrected chi connectivity index (χ3v) is 7.66. The molecule has 2 aliphatic rings. The Morgan fingerprint density at radius 1 is 0.907 bits per heavy atom. The van der Waals surface area contributed by atoms with E-state index in [0.29, 0.717) is 39.2 Å². The van der Waals surface area contributed by atoms with Crippen molar-refractivity contribution in [2.24, 2.45) is 4.99 Å². The van der Waals surface area contributed by atoms with Crippen molar-refractivity contribution < 1.29 is 38.1 Å². The summed E-state index contributed by atoms with van der Waals surface area (Å²) in [5.41, 5.74) is 2.51. The second-order valence-electron chi connectivity index (χ2n) is 9.43. The van der Waals surface area contributed by atoms with E-state index < -0.39 is 17.2 Å². The van der Waals surface area contributed by atoms with Crippen molar-refractivity contribution in [3.05, 3.63) is 83.4 Å². The second-order valence-corrected chi connectivity index (χ2v) is 10.6. The van der Waals surface area contributed by atoms with Crippen molar-refractivity contribution in [3.63, 3.8) is 0 Å². The van der Waals surface area contributed by atoms with E-state index in [0.717, 1.165) is 17.3 Å². The van der Waals surface area contributed by atoms with Gasteiger partial charge in [-0.1, -0.05) is 17.8 Å². The maximum absolute atomic E-state index is 13.5. The number of nitrogens with zero attached hydrogens (tertiary/aromatic N) is 2. The molecule has 12 heteroatoms. The molecule has 0 spiro atoms. The van der Waals surface area contributed by atoms with Gasteiger partial charge >= 0.3 is 11.9 Å². The van der Waals surface area contributed by atoms with Crippen molar-refractivity contribution in [1.82, 2.24) is 4.90 Å². The first-order valence-corrected chi connectivity index (χ1v) is 14.5. The maximum Gasteiger partial charge on any atom is 0.338 e. The third kappa shape index (κ3) is 7.15. The summed E-state index contributed by atoms with van der Waals surface area (Å²) in [7, 11) is 0. The van der Waals surface area contributed by atoms with Gasteiger partial charge in [-0.25, -0.2) is 14.6 Å². The van der Waals surface area contributed by atoms with Crippen molar-refractivity contribution in [2.75, 3.05) is 25.3 Å². The van der Waals surface area contributed by atoms with E-state index in [-0.39, 0.29) is 44.8 Å². The Morgan fingerprint density at radius 2 is 1.53 bits per heavy atom. The van der Waals surface area contributed by atoms with Crippen LogP contribution < -0.4 is 14.8 Å². The van der Waals surface area contributed by atoms with E-state index >= 15 is 0 Å². The van der Waals surface area contributed by atoms with Gasteiger partial charge in [0.25, 0.3) is 0 Å². The smallest absolute Gasteiger partial charge is 0.338 e. The van der Waals surface area contributed by atoms with E-state index in [4.69, 9.17) is 23.9 Å². The van der Waals surface area contributed by atoms with E-state index in [1.54, 1.807) is 68.4 Å². The number of carbonyl (C=O) groups excluding carboxylic acids is 4. The summed E-state index contributed by atoms with van der Waals surface area (Å²) in [6, 6.07) is 18.3. The largest absolute Gasteiger partial charge is 0.462 e. The number of benzene rings is 3. The van der Waals surface area contributed by atoms with Crippen LogP contribution in [0, 0.1) is 0 Å². The molecule has 0 radical (unpaired) electrons. The predicted molar refractivity (Wildman–Crippen MR) is 160 cm³/mol. The molecule has 5 rings (SSSR count). The van der Waals surface area contributed by atoms with E-state index in [9.17, 15) is 19.2 Å². The molecule has 0 bridgehead atoms. The molecule has 2 aliphatic heterocycles. The lowest BCUT2D eigenvalue weighted by atomic mass is 10.1. The van der Waals surface area contributed by atoms with Crippen LogP contribution in [0.15, 0.2) is 71.7 Å². The summed E-state index contributed by atoms with van der Waals surface area (Å²) in [5.74, 6) is -0.334. The maximum atomic E-state index is 13.5. The summed E-state index contributed by atoms with van der Waals surface area (Å²) in [6.45, 7) is 4.31. The normalized spacial score (nSPS) is 16.6. The number of hydrogen-bond acceptors (Lipinski definition) is 10. The van der Waals surface area contributed by atoms with Gasteiger partial charge in [0.1, 0.15) is 5.25 Å². The zero-order chi connectivity index (χ0) is 30.3. The average Bonchev–Trinajstić information content (AvgIpc) is 3.48. The van der Waals surface area contributed by atoms with Crippen LogP contribution in [0.1, 0.15) is 46.5 Å². The van der Waals surface area contributed by atoms with Crippen LogP contribution in [0.5, 0.6) is 11.5 Å². The minimum atomic E-state index is -0.761. The first kappa shape index (κ1) is 29.6. The van der Waals surface area contributed by atoms with E-state index in [1.807, 2.05) is 12.1 Å². The number of hydrogen-bond donors (Lipinski definition) is 1. The summed E-state index contributed by atoms with van der Waals surface area (Å²) in [4.78, 5) is 57.0. The number of fused-ring (bicyclic) bond motifs is 1. The molecule has 2 amide bonds. The van der Waals surface area contributed by atoms with Gasteiger partial charge in [0.05, 0.1) is 36.6 Å². The molecule has 43 heavy (non-hydrogen) atoms. The minimum Gasteiger partial charge on any atom is -0.462 e. The highest BCUT2D eigenvalue weighted by Gasteiger charge is 2.36. The number of amides is 2. The average molecular weight is 604 g/mol. The van der Waals surface area contributed by atoms with E-state index in [1.165, 1.54) is 4.90 Å². The monoisotopic (exact) mass is 603 g/mol. The number of rotatable bonds is 9. The number of esters is 2. The Morgan fingerprint density at radius 3 is 2.19 bits per heavy atom. The first-order valence-electron chi connectivity index (χ1n) is 13.6. The van der Waals surface area contributed by atoms with Crippen LogP contribution in [0.25, 0.3) is 0 Å².